The smallest absolute Gasteiger partial charge is 0.0627 e. The third kappa shape index (κ3) is 5.98. The van der Waals surface area contributed by atoms with E-state index in [9.17, 15) is 0 Å². The Morgan fingerprint density at radius 2 is 2.50 bits per heavy atom. The van der Waals surface area contributed by atoms with Gasteiger partial charge in [-0.05, 0) is 5.75 Å². The van der Waals surface area contributed by atoms with E-state index in [1.807, 2.05) is 0 Å². The van der Waals surface area contributed by atoms with Gasteiger partial charge in [0.15, 0.2) is 0 Å². The van der Waals surface area contributed by atoms with Crippen molar-refractivity contribution in [1.82, 2.24) is 0 Å². The molecule has 0 saturated heterocycles. The lowest BCUT2D eigenvalue weighted by Crippen LogP contribution is -1.85. The van der Waals surface area contributed by atoms with E-state index in [2.05, 4.69) is 11.9 Å². The molecule has 2 nitrogen and oxygen atoms in total. The van der Waals surface area contributed by atoms with E-state index in [-0.39, 0.29) is 6.61 Å². The highest BCUT2D eigenvalue weighted by molar-refractivity contribution is 8.12. The second kappa shape index (κ2) is 6.98. The van der Waals surface area contributed by atoms with Gasteiger partial charge in [0.25, 0.3) is 0 Å². The number of hydrogen-bond acceptors (Lipinski definition) is 3. The molecule has 8 heavy (non-hydrogen) atoms. The van der Waals surface area contributed by atoms with Gasteiger partial charge in [0.05, 0.1) is 18.7 Å². The van der Waals surface area contributed by atoms with Gasteiger partial charge in [0.2, 0.25) is 0 Å². The molecule has 0 aromatic rings. The first-order chi connectivity index (χ1) is 3.91. The molecule has 0 aliphatic heterocycles. The SMILES string of the molecule is CCSC=NCCO. The molecule has 0 rings (SSSR count). The maximum atomic E-state index is 8.24. The highest BCUT2D eigenvalue weighted by Gasteiger charge is 1.73. The molecule has 0 amide bonds. The van der Waals surface area contributed by atoms with E-state index in [0.29, 0.717) is 6.54 Å². The Morgan fingerprint density at radius 1 is 1.75 bits per heavy atom. The van der Waals surface area contributed by atoms with E-state index < -0.39 is 0 Å². The topological polar surface area (TPSA) is 32.6 Å². The minimum atomic E-state index is 0.154. The van der Waals surface area contributed by atoms with E-state index >= 15 is 0 Å². The third-order valence-electron chi connectivity index (χ3n) is 0.545. The Bertz CT molecular complexity index is 57.4. The number of nitrogens with zero attached hydrogens (tertiary/aromatic N) is 1. The Hall–Kier alpha value is -0.0200. The molecule has 0 aliphatic carbocycles. The summed E-state index contributed by atoms with van der Waals surface area (Å²) in [4.78, 5) is 3.87. The lowest BCUT2D eigenvalue weighted by atomic mass is 10.7. The van der Waals surface area contributed by atoms with Crippen molar-refractivity contribution in [2.24, 2.45) is 4.99 Å². The van der Waals surface area contributed by atoms with Crippen LogP contribution in [0.1, 0.15) is 6.92 Å². The van der Waals surface area contributed by atoms with Crippen LogP contribution >= 0.6 is 11.8 Å². The lowest BCUT2D eigenvalue weighted by Gasteiger charge is -1.83. The summed E-state index contributed by atoms with van der Waals surface area (Å²) in [6.45, 7) is 2.75. The van der Waals surface area contributed by atoms with Gasteiger partial charge in [-0.2, -0.15) is 0 Å². The van der Waals surface area contributed by atoms with Gasteiger partial charge in [0.1, 0.15) is 0 Å². The van der Waals surface area contributed by atoms with Crippen LogP contribution < -0.4 is 0 Å². The molecular formula is C5H11NOS. The summed E-state index contributed by atoms with van der Waals surface area (Å²) >= 11 is 1.65. The molecule has 0 atom stereocenters. The maximum absolute atomic E-state index is 8.24. The standard InChI is InChI=1S/C5H11NOS/c1-2-8-5-6-3-4-7/h5,7H,2-4H2,1H3. The van der Waals surface area contributed by atoms with Crippen LogP contribution in [0.4, 0.5) is 0 Å². The number of rotatable bonds is 4. The van der Waals surface area contributed by atoms with Crippen molar-refractivity contribution in [3.8, 4) is 0 Å². The molecule has 0 spiro atoms. The van der Waals surface area contributed by atoms with Crippen LogP contribution in [0.25, 0.3) is 0 Å². The van der Waals surface area contributed by atoms with Crippen molar-refractivity contribution in [3.05, 3.63) is 0 Å². The van der Waals surface area contributed by atoms with Gasteiger partial charge in [-0.3, -0.25) is 4.99 Å². The predicted octanol–water partition coefficient (Wildman–Crippen LogP) is 0.760. The third-order valence-corrected chi connectivity index (χ3v) is 1.18. The van der Waals surface area contributed by atoms with Crippen LogP contribution in [-0.4, -0.2) is 29.6 Å². The van der Waals surface area contributed by atoms with Crippen molar-refractivity contribution in [1.29, 1.82) is 0 Å². The number of aliphatic hydroxyl groups is 1. The fourth-order valence-corrected chi connectivity index (χ4v) is 0.598. The van der Waals surface area contributed by atoms with Crippen molar-refractivity contribution in [2.75, 3.05) is 18.9 Å². The largest absolute Gasteiger partial charge is 0.394 e. The number of hydrogen-bond donors (Lipinski definition) is 1. The van der Waals surface area contributed by atoms with Gasteiger partial charge in [-0.15, -0.1) is 11.8 Å². The minimum absolute atomic E-state index is 0.154. The van der Waals surface area contributed by atoms with Crippen LogP contribution in [0, 0.1) is 0 Å². The number of aliphatic hydroxyl groups excluding tert-OH is 1. The average Bonchev–Trinajstić information content (AvgIpc) is 1.81. The van der Waals surface area contributed by atoms with Crippen LogP contribution in [0.2, 0.25) is 0 Å². The van der Waals surface area contributed by atoms with E-state index in [1.165, 1.54) is 0 Å². The van der Waals surface area contributed by atoms with E-state index in [1.54, 1.807) is 17.3 Å². The Balaban J connectivity index is 2.83. The second-order valence-electron chi connectivity index (χ2n) is 1.19. The molecule has 0 fully saturated rings. The Kier molecular flexibility index (Phi) is 6.96. The average molecular weight is 133 g/mol. The highest BCUT2D eigenvalue weighted by Crippen LogP contribution is 1.90. The summed E-state index contributed by atoms with van der Waals surface area (Å²) in [7, 11) is 0. The van der Waals surface area contributed by atoms with Crippen molar-refractivity contribution < 1.29 is 5.11 Å². The molecule has 0 aromatic carbocycles. The van der Waals surface area contributed by atoms with Crippen LogP contribution in [-0.2, 0) is 0 Å². The lowest BCUT2D eigenvalue weighted by molar-refractivity contribution is 0.307. The molecule has 0 radical (unpaired) electrons. The first kappa shape index (κ1) is 7.98. The minimum Gasteiger partial charge on any atom is -0.394 e. The highest BCUT2D eigenvalue weighted by atomic mass is 32.2. The molecule has 3 heteroatoms. The number of aliphatic imine (C=N–C) groups is 1. The van der Waals surface area contributed by atoms with E-state index in [4.69, 9.17) is 5.11 Å². The van der Waals surface area contributed by atoms with Crippen LogP contribution in [0.5, 0.6) is 0 Å². The van der Waals surface area contributed by atoms with Gasteiger partial charge >= 0.3 is 0 Å². The number of thioether (sulfide) groups is 1. The molecule has 0 bridgehead atoms. The van der Waals surface area contributed by atoms with Crippen molar-refractivity contribution >= 4 is 17.3 Å². The monoisotopic (exact) mass is 133 g/mol. The molecule has 0 aliphatic rings. The molecule has 1 N–H and O–H groups in total. The second-order valence-corrected chi connectivity index (χ2v) is 2.31. The zero-order valence-electron chi connectivity index (χ0n) is 5.00. The predicted molar refractivity (Wildman–Crippen MR) is 38.6 cm³/mol. The molecular weight excluding hydrogens is 122 g/mol. The first-order valence-corrected chi connectivity index (χ1v) is 3.67. The first-order valence-electron chi connectivity index (χ1n) is 2.62. The summed E-state index contributed by atoms with van der Waals surface area (Å²) in [5, 5.41) is 8.24. The Morgan fingerprint density at radius 3 is 3.00 bits per heavy atom. The summed E-state index contributed by atoms with van der Waals surface area (Å²) in [6.07, 6.45) is 0. The van der Waals surface area contributed by atoms with Gasteiger partial charge < -0.3 is 5.11 Å². The van der Waals surface area contributed by atoms with Crippen LogP contribution in [0.3, 0.4) is 0 Å². The fourth-order valence-electron chi connectivity index (χ4n) is 0.238. The molecule has 0 aromatic heterocycles. The molecule has 48 valence electrons. The van der Waals surface area contributed by atoms with Gasteiger partial charge in [0, 0.05) is 0 Å². The molecule has 0 heterocycles. The summed E-state index contributed by atoms with van der Waals surface area (Å²) in [5.41, 5.74) is 1.77. The zero-order valence-corrected chi connectivity index (χ0v) is 5.82. The fraction of sp³-hybridized carbons (Fsp3) is 0.800. The van der Waals surface area contributed by atoms with Crippen molar-refractivity contribution in [2.45, 2.75) is 6.92 Å². The zero-order chi connectivity index (χ0) is 6.24. The summed E-state index contributed by atoms with van der Waals surface area (Å²) in [5.74, 6) is 1.05. The molecule has 0 saturated carbocycles. The van der Waals surface area contributed by atoms with E-state index in [0.717, 1.165) is 5.75 Å². The summed E-state index contributed by atoms with van der Waals surface area (Å²) < 4.78 is 0. The van der Waals surface area contributed by atoms with Gasteiger partial charge in [-0.1, -0.05) is 6.92 Å². The van der Waals surface area contributed by atoms with Crippen LogP contribution in [0.15, 0.2) is 4.99 Å². The van der Waals surface area contributed by atoms with Gasteiger partial charge in [-0.25, -0.2) is 0 Å². The Labute approximate surface area is 54.0 Å². The quantitative estimate of drug-likeness (QED) is 0.453. The maximum Gasteiger partial charge on any atom is 0.0627 e. The van der Waals surface area contributed by atoms with Crippen molar-refractivity contribution in [3.63, 3.8) is 0 Å². The normalized spacial score (nSPS) is 10.8. The molecule has 0 unspecified atom stereocenters. The summed E-state index contributed by atoms with van der Waals surface area (Å²) in [6, 6.07) is 0.